The Morgan fingerprint density at radius 3 is 2.53 bits per heavy atom. The standard InChI is InChI=1S/C12H25NO4/c1-4-11(12(14)16-3)13-7-5-6-8-17-10-9-15-2/h11,13H,4-10H2,1-3H3. The third kappa shape index (κ3) is 9.09. The first kappa shape index (κ1) is 16.4. The zero-order valence-corrected chi connectivity index (χ0v) is 11.2. The van der Waals surface area contributed by atoms with Crippen LogP contribution in [-0.2, 0) is 19.0 Å². The second-order valence-corrected chi connectivity index (χ2v) is 3.75. The second kappa shape index (κ2) is 11.8. The molecule has 0 aliphatic rings. The number of ether oxygens (including phenoxy) is 3. The summed E-state index contributed by atoms with van der Waals surface area (Å²) in [5, 5.41) is 3.17. The van der Waals surface area contributed by atoms with Gasteiger partial charge in [-0.05, 0) is 25.8 Å². The molecule has 0 saturated carbocycles. The van der Waals surface area contributed by atoms with Crippen LogP contribution in [0.3, 0.4) is 0 Å². The van der Waals surface area contributed by atoms with Gasteiger partial charge in [0.05, 0.1) is 20.3 Å². The smallest absolute Gasteiger partial charge is 0.322 e. The van der Waals surface area contributed by atoms with Crippen molar-refractivity contribution in [3.05, 3.63) is 0 Å². The molecule has 0 bridgehead atoms. The van der Waals surface area contributed by atoms with Crippen molar-refractivity contribution < 1.29 is 19.0 Å². The molecule has 0 fully saturated rings. The van der Waals surface area contributed by atoms with Crippen molar-refractivity contribution in [3.8, 4) is 0 Å². The van der Waals surface area contributed by atoms with E-state index in [9.17, 15) is 4.79 Å². The van der Waals surface area contributed by atoms with Crippen molar-refractivity contribution in [2.24, 2.45) is 0 Å². The molecule has 1 unspecified atom stereocenters. The third-order valence-corrected chi connectivity index (χ3v) is 2.43. The van der Waals surface area contributed by atoms with Crippen LogP contribution in [0.15, 0.2) is 0 Å². The van der Waals surface area contributed by atoms with E-state index in [1.807, 2.05) is 6.92 Å². The van der Waals surface area contributed by atoms with Crippen molar-refractivity contribution in [1.29, 1.82) is 0 Å². The van der Waals surface area contributed by atoms with Gasteiger partial charge in [0, 0.05) is 13.7 Å². The van der Waals surface area contributed by atoms with E-state index in [2.05, 4.69) is 10.1 Å². The Kier molecular flexibility index (Phi) is 11.4. The number of nitrogens with one attached hydrogen (secondary N) is 1. The zero-order valence-electron chi connectivity index (χ0n) is 11.2. The highest BCUT2D eigenvalue weighted by Crippen LogP contribution is 1.95. The molecule has 0 aliphatic heterocycles. The third-order valence-electron chi connectivity index (χ3n) is 2.43. The van der Waals surface area contributed by atoms with Gasteiger partial charge in [-0.3, -0.25) is 4.79 Å². The fraction of sp³-hybridized carbons (Fsp3) is 0.917. The van der Waals surface area contributed by atoms with E-state index in [1.54, 1.807) is 7.11 Å². The monoisotopic (exact) mass is 247 g/mol. The van der Waals surface area contributed by atoms with Gasteiger partial charge in [0.2, 0.25) is 0 Å². The molecule has 0 aliphatic carbocycles. The van der Waals surface area contributed by atoms with Crippen molar-refractivity contribution in [1.82, 2.24) is 5.32 Å². The van der Waals surface area contributed by atoms with Crippen LogP contribution >= 0.6 is 0 Å². The second-order valence-electron chi connectivity index (χ2n) is 3.75. The van der Waals surface area contributed by atoms with E-state index >= 15 is 0 Å². The molecule has 0 radical (unpaired) electrons. The van der Waals surface area contributed by atoms with Crippen molar-refractivity contribution in [3.63, 3.8) is 0 Å². The molecule has 1 atom stereocenters. The number of unbranched alkanes of at least 4 members (excludes halogenated alkanes) is 1. The number of hydrogen-bond acceptors (Lipinski definition) is 5. The summed E-state index contributed by atoms with van der Waals surface area (Å²) >= 11 is 0. The Hall–Kier alpha value is -0.650. The van der Waals surface area contributed by atoms with Gasteiger partial charge in [0.1, 0.15) is 6.04 Å². The van der Waals surface area contributed by atoms with Crippen LogP contribution in [0.4, 0.5) is 0 Å². The molecular weight excluding hydrogens is 222 g/mol. The first-order valence-electron chi connectivity index (χ1n) is 6.14. The number of hydrogen-bond donors (Lipinski definition) is 1. The van der Waals surface area contributed by atoms with Gasteiger partial charge < -0.3 is 19.5 Å². The summed E-state index contributed by atoms with van der Waals surface area (Å²) < 4.78 is 14.9. The molecule has 0 amide bonds. The highest BCUT2D eigenvalue weighted by Gasteiger charge is 2.14. The summed E-state index contributed by atoms with van der Waals surface area (Å²) in [6, 6.07) is -0.186. The summed E-state index contributed by atoms with van der Waals surface area (Å²) in [4.78, 5) is 11.3. The molecule has 102 valence electrons. The van der Waals surface area contributed by atoms with Gasteiger partial charge in [0.15, 0.2) is 0 Å². The molecule has 1 N–H and O–H groups in total. The van der Waals surface area contributed by atoms with Crippen LogP contribution in [0.2, 0.25) is 0 Å². The Bertz CT molecular complexity index is 187. The number of carbonyl (C=O) groups excluding carboxylic acids is 1. The minimum Gasteiger partial charge on any atom is -0.468 e. The number of carbonyl (C=O) groups is 1. The summed E-state index contributed by atoms with van der Waals surface area (Å²) in [5.41, 5.74) is 0. The van der Waals surface area contributed by atoms with E-state index in [0.29, 0.717) is 13.2 Å². The van der Waals surface area contributed by atoms with Crippen LogP contribution in [0.1, 0.15) is 26.2 Å². The Morgan fingerprint density at radius 2 is 1.94 bits per heavy atom. The molecule has 5 nitrogen and oxygen atoms in total. The SMILES string of the molecule is CCC(NCCCCOCCOC)C(=O)OC. The molecular formula is C12H25NO4. The average Bonchev–Trinajstić information content (AvgIpc) is 2.36. The topological polar surface area (TPSA) is 56.8 Å². The molecule has 5 heteroatoms. The quantitative estimate of drug-likeness (QED) is 0.435. The molecule has 0 saturated heterocycles. The Balaban J connectivity index is 3.34. The lowest BCUT2D eigenvalue weighted by molar-refractivity contribution is -0.143. The van der Waals surface area contributed by atoms with Gasteiger partial charge in [-0.1, -0.05) is 6.92 Å². The summed E-state index contributed by atoms with van der Waals surface area (Å²) in [5.74, 6) is -0.191. The highest BCUT2D eigenvalue weighted by atomic mass is 16.5. The molecule has 0 heterocycles. The van der Waals surface area contributed by atoms with E-state index in [0.717, 1.165) is 32.4 Å². The maximum absolute atomic E-state index is 11.3. The Morgan fingerprint density at radius 1 is 1.18 bits per heavy atom. The molecule has 0 aromatic heterocycles. The predicted octanol–water partition coefficient (Wildman–Crippen LogP) is 0.971. The number of esters is 1. The van der Waals surface area contributed by atoms with Gasteiger partial charge in [-0.15, -0.1) is 0 Å². The maximum atomic E-state index is 11.3. The lowest BCUT2D eigenvalue weighted by Gasteiger charge is -2.14. The van der Waals surface area contributed by atoms with Gasteiger partial charge in [-0.2, -0.15) is 0 Å². The van der Waals surface area contributed by atoms with Crippen LogP contribution in [0.5, 0.6) is 0 Å². The average molecular weight is 247 g/mol. The molecule has 17 heavy (non-hydrogen) atoms. The lowest BCUT2D eigenvalue weighted by atomic mass is 10.2. The minimum atomic E-state index is -0.191. The van der Waals surface area contributed by atoms with Crippen LogP contribution in [0.25, 0.3) is 0 Å². The molecule has 0 spiro atoms. The lowest BCUT2D eigenvalue weighted by Crippen LogP contribution is -2.37. The van der Waals surface area contributed by atoms with Gasteiger partial charge in [0.25, 0.3) is 0 Å². The van der Waals surface area contributed by atoms with Crippen LogP contribution < -0.4 is 5.32 Å². The van der Waals surface area contributed by atoms with Crippen molar-refractivity contribution in [2.75, 3.05) is 40.6 Å². The minimum absolute atomic E-state index is 0.186. The largest absolute Gasteiger partial charge is 0.468 e. The number of rotatable bonds is 11. The fourth-order valence-electron chi connectivity index (χ4n) is 1.39. The first-order chi connectivity index (χ1) is 8.26. The van der Waals surface area contributed by atoms with Gasteiger partial charge >= 0.3 is 5.97 Å². The van der Waals surface area contributed by atoms with Crippen molar-refractivity contribution >= 4 is 5.97 Å². The van der Waals surface area contributed by atoms with E-state index in [-0.39, 0.29) is 12.0 Å². The normalized spacial score (nSPS) is 12.4. The molecule has 0 aromatic carbocycles. The van der Waals surface area contributed by atoms with Crippen LogP contribution in [-0.4, -0.2) is 52.6 Å². The Labute approximate surface area is 104 Å². The number of methoxy groups -OCH3 is 2. The fourth-order valence-corrected chi connectivity index (χ4v) is 1.39. The zero-order chi connectivity index (χ0) is 12.9. The van der Waals surface area contributed by atoms with Crippen molar-refractivity contribution in [2.45, 2.75) is 32.2 Å². The highest BCUT2D eigenvalue weighted by molar-refractivity contribution is 5.75. The molecule has 0 rings (SSSR count). The predicted molar refractivity (Wildman–Crippen MR) is 66.0 cm³/mol. The molecule has 0 aromatic rings. The maximum Gasteiger partial charge on any atom is 0.322 e. The first-order valence-corrected chi connectivity index (χ1v) is 6.14. The van der Waals surface area contributed by atoms with E-state index < -0.39 is 0 Å². The summed E-state index contributed by atoms with van der Waals surface area (Å²) in [6.07, 6.45) is 2.71. The van der Waals surface area contributed by atoms with Crippen LogP contribution in [0, 0.1) is 0 Å². The summed E-state index contributed by atoms with van der Waals surface area (Å²) in [6.45, 7) is 4.78. The summed E-state index contributed by atoms with van der Waals surface area (Å²) in [7, 11) is 3.07. The van der Waals surface area contributed by atoms with E-state index in [1.165, 1.54) is 7.11 Å². The van der Waals surface area contributed by atoms with Gasteiger partial charge in [-0.25, -0.2) is 0 Å². The van der Waals surface area contributed by atoms with E-state index in [4.69, 9.17) is 9.47 Å².